The zero-order chi connectivity index (χ0) is 20.4. The molecule has 0 radical (unpaired) electrons. The molecule has 1 aromatic heterocycles. The first-order chi connectivity index (χ1) is 14.0. The quantitative estimate of drug-likeness (QED) is 0.790. The molecule has 0 bridgehead atoms. The SMILES string of the molecule is NCCc1ccc(-c2ccc(C(=O)N3CCN(C(=O)C4(O)CC4)CC3)cc2)cn1. The second kappa shape index (κ2) is 7.93. The number of nitrogens with zero attached hydrogens (tertiary/aromatic N) is 3. The van der Waals surface area contributed by atoms with Gasteiger partial charge in [0.25, 0.3) is 11.8 Å². The zero-order valence-corrected chi connectivity index (χ0v) is 16.4. The number of benzene rings is 1. The average molecular weight is 394 g/mol. The molecular formula is C22H26N4O3. The summed E-state index contributed by atoms with van der Waals surface area (Å²) in [6, 6.07) is 11.5. The van der Waals surface area contributed by atoms with Crippen molar-refractivity contribution in [1.82, 2.24) is 14.8 Å². The molecule has 1 aromatic carbocycles. The van der Waals surface area contributed by atoms with Crippen molar-refractivity contribution in [2.75, 3.05) is 32.7 Å². The number of pyridine rings is 1. The van der Waals surface area contributed by atoms with Gasteiger partial charge in [0.1, 0.15) is 5.60 Å². The van der Waals surface area contributed by atoms with E-state index in [2.05, 4.69) is 4.98 Å². The number of amides is 2. The molecule has 4 rings (SSSR count). The van der Waals surface area contributed by atoms with Gasteiger partial charge in [0.2, 0.25) is 0 Å². The van der Waals surface area contributed by atoms with Crippen molar-refractivity contribution in [3.63, 3.8) is 0 Å². The minimum atomic E-state index is -1.14. The van der Waals surface area contributed by atoms with E-state index in [1.807, 2.05) is 42.6 Å². The van der Waals surface area contributed by atoms with Crippen LogP contribution in [0, 0.1) is 0 Å². The molecule has 29 heavy (non-hydrogen) atoms. The third-order valence-electron chi connectivity index (χ3n) is 5.67. The lowest BCUT2D eigenvalue weighted by molar-refractivity contribution is -0.143. The lowest BCUT2D eigenvalue weighted by Crippen LogP contribution is -2.53. The first-order valence-electron chi connectivity index (χ1n) is 10.1. The largest absolute Gasteiger partial charge is 0.380 e. The molecule has 0 spiro atoms. The van der Waals surface area contributed by atoms with Gasteiger partial charge in [-0.15, -0.1) is 0 Å². The van der Waals surface area contributed by atoms with Gasteiger partial charge in [-0.3, -0.25) is 14.6 Å². The van der Waals surface area contributed by atoms with Crippen LogP contribution in [0.3, 0.4) is 0 Å². The molecule has 0 unspecified atom stereocenters. The highest BCUT2D eigenvalue weighted by Crippen LogP contribution is 2.37. The number of aliphatic hydroxyl groups is 1. The average Bonchev–Trinajstić information content (AvgIpc) is 3.52. The summed E-state index contributed by atoms with van der Waals surface area (Å²) in [7, 11) is 0. The van der Waals surface area contributed by atoms with Crippen LogP contribution in [0.15, 0.2) is 42.6 Å². The van der Waals surface area contributed by atoms with Crippen LogP contribution in [0.2, 0.25) is 0 Å². The Morgan fingerprint density at radius 3 is 2.14 bits per heavy atom. The molecule has 2 aliphatic rings. The van der Waals surface area contributed by atoms with Crippen molar-refractivity contribution in [2.24, 2.45) is 5.73 Å². The zero-order valence-electron chi connectivity index (χ0n) is 16.4. The number of hydrogen-bond donors (Lipinski definition) is 2. The standard InChI is InChI=1S/C22H26N4O3/c23-10-7-19-6-5-18(15-24-19)16-1-3-17(4-2-16)20(27)25-11-13-26(14-12-25)21(28)22(29)8-9-22/h1-6,15,29H,7-14,23H2. The number of nitrogens with two attached hydrogens (primary N) is 1. The molecule has 1 aliphatic carbocycles. The molecule has 152 valence electrons. The molecule has 2 fully saturated rings. The Morgan fingerprint density at radius 1 is 0.966 bits per heavy atom. The number of carbonyl (C=O) groups is 2. The first kappa shape index (κ1) is 19.5. The summed E-state index contributed by atoms with van der Waals surface area (Å²) >= 11 is 0. The van der Waals surface area contributed by atoms with E-state index in [-0.39, 0.29) is 11.8 Å². The number of rotatable bonds is 5. The van der Waals surface area contributed by atoms with Crippen molar-refractivity contribution in [1.29, 1.82) is 0 Å². The highest BCUT2D eigenvalue weighted by atomic mass is 16.3. The van der Waals surface area contributed by atoms with Crippen molar-refractivity contribution in [2.45, 2.75) is 24.9 Å². The van der Waals surface area contributed by atoms with Gasteiger partial charge in [0.05, 0.1) is 0 Å². The number of hydrogen-bond acceptors (Lipinski definition) is 5. The number of piperazine rings is 1. The minimum absolute atomic E-state index is 0.0369. The fourth-order valence-corrected chi connectivity index (χ4v) is 3.62. The van der Waals surface area contributed by atoms with Gasteiger partial charge in [-0.2, -0.15) is 0 Å². The van der Waals surface area contributed by atoms with E-state index in [4.69, 9.17) is 5.73 Å². The van der Waals surface area contributed by atoms with Crippen LogP contribution in [0.5, 0.6) is 0 Å². The van der Waals surface area contributed by atoms with Gasteiger partial charge in [0, 0.05) is 55.6 Å². The summed E-state index contributed by atoms with van der Waals surface area (Å²) in [5, 5.41) is 9.98. The Balaban J connectivity index is 1.36. The van der Waals surface area contributed by atoms with E-state index in [0.29, 0.717) is 51.1 Å². The molecule has 2 aromatic rings. The summed E-state index contributed by atoms with van der Waals surface area (Å²) in [5.41, 5.74) is 8.01. The van der Waals surface area contributed by atoms with Gasteiger partial charge in [0.15, 0.2) is 0 Å². The maximum absolute atomic E-state index is 12.8. The molecule has 7 nitrogen and oxygen atoms in total. The van der Waals surface area contributed by atoms with E-state index in [1.165, 1.54) is 0 Å². The fourth-order valence-electron chi connectivity index (χ4n) is 3.62. The smallest absolute Gasteiger partial charge is 0.254 e. The van der Waals surface area contributed by atoms with Gasteiger partial charge < -0.3 is 20.6 Å². The van der Waals surface area contributed by atoms with E-state index >= 15 is 0 Å². The van der Waals surface area contributed by atoms with E-state index in [9.17, 15) is 14.7 Å². The minimum Gasteiger partial charge on any atom is -0.380 e. The maximum atomic E-state index is 12.8. The Labute approximate surface area is 170 Å². The van der Waals surface area contributed by atoms with E-state index in [1.54, 1.807) is 9.80 Å². The van der Waals surface area contributed by atoms with E-state index in [0.717, 1.165) is 23.2 Å². The summed E-state index contributed by atoms with van der Waals surface area (Å²) < 4.78 is 0. The summed E-state index contributed by atoms with van der Waals surface area (Å²) in [6.07, 6.45) is 3.67. The Kier molecular flexibility index (Phi) is 5.34. The predicted molar refractivity (Wildman–Crippen MR) is 109 cm³/mol. The van der Waals surface area contributed by atoms with Gasteiger partial charge in [-0.25, -0.2) is 0 Å². The molecule has 1 saturated carbocycles. The highest BCUT2D eigenvalue weighted by molar-refractivity contribution is 5.95. The predicted octanol–water partition coefficient (Wildman–Crippen LogP) is 1.06. The number of carbonyl (C=O) groups excluding carboxylic acids is 2. The summed E-state index contributed by atoms with van der Waals surface area (Å²) in [4.78, 5) is 32.9. The van der Waals surface area contributed by atoms with Crippen LogP contribution < -0.4 is 5.73 Å². The van der Waals surface area contributed by atoms with Crippen LogP contribution in [0.25, 0.3) is 11.1 Å². The van der Waals surface area contributed by atoms with Crippen molar-refractivity contribution < 1.29 is 14.7 Å². The third-order valence-corrected chi connectivity index (χ3v) is 5.67. The topological polar surface area (TPSA) is 99.8 Å². The third kappa shape index (κ3) is 4.16. The monoisotopic (exact) mass is 394 g/mol. The lowest BCUT2D eigenvalue weighted by atomic mass is 10.0. The molecule has 1 saturated heterocycles. The molecule has 0 atom stereocenters. The van der Waals surface area contributed by atoms with Crippen LogP contribution in [-0.4, -0.2) is 70.0 Å². The Hall–Kier alpha value is -2.77. The summed E-state index contributed by atoms with van der Waals surface area (Å²) in [5.74, 6) is -0.231. The first-order valence-corrected chi connectivity index (χ1v) is 10.1. The van der Waals surface area contributed by atoms with Gasteiger partial charge >= 0.3 is 0 Å². The Bertz CT molecular complexity index is 883. The highest BCUT2D eigenvalue weighted by Gasteiger charge is 2.50. The molecular weight excluding hydrogens is 368 g/mol. The summed E-state index contributed by atoms with van der Waals surface area (Å²) in [6.45, 7) is 2.47. The van der Waals surface area contributed by atoms with Crippen molar-refractivity contribution >= 4 is 11.8 Å². The van der Waals surface area contributed by atoms with Crippen LogP contribution >= 0.6 is 0 Å². The van der Waals surface area contributed by atoms with Gasteiger partial charge in [-0.1, -0.05) is 18.2 Å². The number of aromatic nitrogens is 1. The van der Waals surface area contributed by atoms with Gasteiger partial charge in [-0.05, 0) is 43.1 Å². The fraction of sp³-hybridized carbons (Fsp3) is 0.409. The molecule has 2 heterocycles. The van der Waals surface area contributed by atoms with E-state index < -0.39 is 5.60 Å². The second-order valence-corrected chi connectivity index (χ2v) is 7.77. The van der Waals surface area contributed by atoms with Crippen LogP contribution in [0.1, 0.15) is 28.9 Å². The second-order valence-electron chi connectivity index (χ2n) is 7.77. The van der Waals surface area contributed by atoms with Crippen LogP contribution in [0.4, 0.5) is 0 Å². The molecule has 7 heteroatoms. The van der Waals surface area contributed by atoms with Crippen LogP contribution in [-0.2, 0) is 11.2 Å². The molecule has 3 N–H and O–H groups in total. The maximum Gasteiger partial charge on any atom is 0.254 e. The van der Waals surface area contributed by atoms with Crippen molar-refractivity contribution in [3.05, 3.63) is 53.9 Å². The normalized spacial score (nSPS) is 17.9. The van der Waals surface area contributed by atoms with Crippen molar-refractivity contribution in [3.8, 4) is 11.1 Å². The Morgan fingerprint density at radius 2 is 1.59 bits per heavy atom. The molecule has 2 amide bonds. The lowest BCUT2D eigenvalue weighted by Gasteiger charge is -2.35. The molecule has 1 aliphatic heterocycles.